The normalized spacial score (nSPS) is 10.6. The number of hydrogen-bond donors (Lipinski definition) is 0. The smallest absolute Gasteiger partial charge is 0.118 e. The third-order valence-corrected chi connectivity index (χ3v) is 2.48. The lowest BCUT2D eigenvalue weighted by Crippen LogP contribution is -2.13. The van der Waals surface area contributed by atoms with Crippen LogP contribution in [0.4, 0.5) is 5.69 Å². The highest BCUT2D eigenvalue weighted by Gasteiger charge is 2.02. The topological polar surface area (TPSA) is 28.0 Å². The van der Waals surface area contributed by atoms with Crippen LogP contribution in [-0.4, -0.2) is 20.1 Å². The molecule has 1 aromatic carbocycles. The Morgan fingerprint density at radius 2 is 2.27 bits per heavy atom. The van der Waals surface area contributed by atoms with Gasteiger partial charge in [0.2, 0.25) is 0 Å². The quantitative estimate of drug-likeness (QED) is 0.438. The standard InChI is InChI=1S/C11H14ClN3/c1-4-9-5-6-10(7-11(9)12)15(3)8-14-13-2/h5-8H,2,4H2,1,3H3. The third-order valence-electron chi connectivity index (χ3n) is 2.13. The van der Waals surface area contributed by atoms with Crippen LogP contribution < -0.4 is 4.90 Å². The fraction of sp³-hybridized carbons (Fsp3) is 0.273. The predicted molar refractivity (Wildman–Crippen MR) is 67.3 cm³/mol. The molecule has 3 nitrogen and oxygen atoms in total. The van der Waals surface area contributed by atoms with E-state index in [1.165, 1.54) is 0 Å². The number of halogens is 1. The number of anilines is 1. The van der Waals surface area contributed by atoms with E-state index in [0.29, 0.717) is 0 Å². The zero-order valence-corrected chi connectivity index (χ0v) is 9.70. The molecule has 0 heterocycles. The maximum Gasteiger partial charge on any atom is 0.118 e. The Morgan fingerprint density at radius 1 is 1.53 bits per heavy atom. The van der Waals surface area contributed by atoms with Gasteiger partial charge >= 0.3 is 0 Å². The molecule has 0 aromatic heterocycles. The van der Waals surface area contributed by atoms with E-state index < -0.39 is 0 Å². The maximum atomic E-state index is 6.10. The zero-order chi connectivity index (χ0) is 11.3. The van der Waals surface area contributed by atoms with E-state index >= 15 is 0 Å². The fourth-order valence-corrected chi connectivity index (χ4v) is 1.53. The van der Waals surface area contributed by atoms with Crippen LogP contribution in [0.15, 0.2) is 28.4 Å². The molecule has 0 amide bonds. The number of rotatable bonds is 4. The summed E-state index contributed by atoms with van der Waals surface area (Å²) in [6.45, 7) is 5.35. The maximum absolute atomic E-state index is 6.10. The van der Waals surface area contributed by atoms with Crippen LogP contribution in [0.1, 0.15) is 12.5 Å². The summed E-state index contributed by atoms with van der Waals surface area (Å²) in [5.74, 6) is 0. The third kappa shape index (κ3) is 3.06. The Morgan fingerprint density at radius 3 is 2.80 bits per heavy atom. The molecule has 0 radical (unpaired) electrons. The first kappa shape index (κ1) is 11.7. The summed E-state index contributed by atoms with van der Waals surface area (Å²) < 4.78 is 0. The summed E-state index contributed by atoms with van der Waals surface area (Å²) in [6.07, 6.45) is 2.52. The highest BCUT2D eigenvalue weighted by atomic mass is 35.5. The van der Waals surface area contributed by atoms with Crippen LogP contribution >= 0.6 is 11.6 Å². The van der Waals surface area contributed by atoms with Crippen molar-refractivity contribution < 1.29 is 0 Å². The monoisotopic (exact) mass is 223 g/mol. The van der Waals surface area contributed by atoms with E-state index in [9.17, 15) is 0 Å². The fourth-order valence-electron chi connectivity index (χ4n) is 1.22. The molecular formula is C11H14ClN3. The molecule has 15 heavy (non-hydrogen) atoms. The molecule has 1 aromatic rings. The van der Waals surface area contributed by atoms with E-state index in [2.05, 4.69) is 23.8 Å². The Balaban J connectivity index is 2.91. The van der Waals surface area contributed by atoms with Crippen molar-refractivity contribution in [1.29, 1.82) is 0 Å². The van der Waals surface area contributed by atoms with Crippen molar-refractivity contribution in [2.45, 2.75) is 13.3 Å². The molecule has 0 aliphatic rings. The molecular weight excluding hydrogens is 210 g/mol. The molecule has 0 aliphatic heterocycles. The molecule has 0 bridgehead atoms. The van der Waals surface area contributed by atoms with Crippen molar-refractivity contribution in [3.63, 3.8) is 0 Å². The van der Waals surface area contributed by atoms with E-state index in [0.717, 1.165) is 22.7 Å². The van der Waals surface area contributed by atoms with Crippen molar-refractivity contribution in [2.24, 2.45) is 10.2 Å². The van der Waals surface area contributed by atoms with E-state index in [4.69, 9.17) is 11.6 Å². The van der Waals surface area contributed by atoms with E-state index in [1.807, 2.05) is 30.1 Å². The van der Waals surface area contributed by atoms with Gasteiger partial charge in [-0.1, -0.05) is 24.6 Å². The Kier molecular flexibility index (Phi) is 4.31. The summed E-state index contributed by atoms with van der Waals surface area (Å²) >= 11 is 6.10. The Hall–Kier alpha value is -1.35. The molecule has 0 aliphatic carbocycles. The van der Waals surface area contributed by atoms with Gasteiger partial charge in [0, 0.05) is 24.5 Å². The predicted octanol–water partition coefficient (Wildman–Crippen LogP) is 2.98. The second-order valence-corrected chi connectivity index (χ2v) is 3.52. The van der Waals surface area contributed by atoms with Gasteiger partial charge in [-0.15, -0.1) is 5.10 Å². The Bertz CT molecular complexity index is 374. The molecule has 80 valence electrons. The number of hydrogen-bond acceptors (Lipinski definition) is 2. The van der Waals surface area contributed by atoms with Crippen LogP contribution in [0.25, 0.3) is 0 Å². The molecule has 1 rings (SSSR count). The van der Waals surface area contributed by atoms with Crippen LogP contribution in [0, 0.1) is 0 Å². The summed E-state index contributed by atoms with van der Waals surface area (Å²) in [5.41, 5.74) is 2.12. The van der Waals surface area contributed by atoms with Crippen molar-refractivity contribution in [1.82, 2.24) is 0 Å². The van der Waals surface area contributed by atoms with Crippen LogP contribution in [-0.2, 0) is 6.42 Å². The largest absolute Gasteiger partial charge is 0.334 e. The minimum atomic E-state index is 0.779. The molecule has 0 spiro atoms. The van der Waals surface area contributed by atoms with Crippen LogP contribution in [0.2, 0.25) is 5.02 Å². The average molecular weight is 224 g/mol. The van der Waals surface area contributed by atoms with Gasteiger partial charge < -0.3 is 4.90 Å². The van der Waals surface area contributed by atoms with Gasteiger partial charge in [-0.3, -0.25) is 0 Å². The van der Waals surface area contributed by atoms with Gasteiger partial charge in [-0.25, -0.2) is 0 Å². The van der Waals surface area contributed by atoms with Gasteiger partial charge in [-0.05, 0) is 24.1 Å². The first-order valence-corrected chi connectivity index (χ1v) is 5.07. The minimum absolute atomic E-state index is 0.779. The molecule has 0 saturated carbocycles. The molecule has 0 fully saturated rings. The lowest BCUT2D eigenvalue weighted by molar-refractivity contribution is 1.13. The molecule has 0 N–H and O–H groups in total. The highest BCUT2D eigenvalue weighted by molar-refractivity contribution is 6.31. The second-order valence-electron chi connectivity index (χ2n) is 3.11. The average Bonchev–Trinajstić information content (AvgIpc) is 2.25. The van der Waals surface area contributed by atoms with E-state index in [-0.39, 0.29) is 0 Å². The van der Waals surface area contributed by atoms with Crippen molar-refractivity contribution in [2.75, 3.05) is 11.9 Å². The second kappa shape index (κ2) is 5.51. The molecule has 4 heteroatoms. The van der Waals surface area contributed by atoms with Gasteiger partial charge in [-0.2, -0.15) is 5.10 Å². The molecule has 0 atom stereocenters. The van der Waals surface area contributed by atoms with Gasteiger partial charge in [0.1, 0.15) is 6.34 Å². The number of benzene rings is 1. The first-order chi connectivity index (χ1) is 7.19. The van der Waals surface area contributed by atoms with Crippen molar-refractivity contribution in [3.05, 3.63) is 28.8 Å². The summed E-state index contributed by atoms with van der Waals surface area (Å²) in [7, 11) is 1.88. The number of nitrogens with zero attached hydrogens (tertiary/aromatic N) is 3. The van der Waals surface area contributed by atoms with Gasteiger partial charge in [0.25, 0.3) is 0 Å². The Labute approximate surface area is 95.1 Å². The first-order valence-electron chi connectivity index (χ1n) is 4.69. The highest BCUT2D eigenvalue weighted by Crippen LogP contribution is 2.22. The van der Waals surface area contributed by atoms with Gasteiger partial charge in [0.15, 0.2) is 0 Å². The van der Waals surface area contributed by atoms with Gasteiger partial charge in [0.05, 0.1) is 0 Å². The van der Waals surface area contributed by atoms with Crippen LogP contribution in [0.5, 0.6) is 0 Å². The summed E-state index contributed by atoms with van der Waals surface area (Å²) in [4.78, 5) is 1.83. The van der Waals surface area contributed by atoms with Crippen molar-refractivity contribution >= 4 is 30.3 Å². The molecule has 0 saturated heterocycles. The summed E-state index contributed by atoms with van der Waals surface area (Å²) in [5, 5.41) is 7.87. The van der Waals surface area contributed by atoms with E-state index in [1.54, 1.807) is 6.34 Å². The van der Waals surface area contributed by atoms with Crippen LogP contribution in [0.3, 0.4) is 0 Å². The lowest BCUT2D eigenvalue weighted by atomic mass is 10.1. The zero-order valence-electron chi connectivity index (χ0n) is 8.94. The number of aryl methyl sites for hydroxylation is 1. The summed E-state index contributed by atoms with van der Waals surface area (Å²) in [6, 6.07) is 5.93. The lowest BCUT2D eigenvalue weighted by Gasteiger charge is -2.13. The van der Waals surface area contributed by atoms with Crippen molar-refractivity contribution in [3.8, 4) is 0 Å². The minimum Gasteiger partial charge on any atom is -0.334 e. The SMILES string of the molecule is C=NN=CN(C)c1ccc(CC)c(Cl)c1. The molecule has 0 unspecified atom stereocenters.